The fourth-order valence-corrected chi connectivity index (χ4v) is 4.09. The van der Waals surface area contributed by atoms with E-state index in [2.05, 4.69) is 5.32 Å². The Morgan fingerprint density at radius 1 is 1.03 bits per heavy atom. The molecule has 1 fully saturated rings. The Kier molecular flexibility index (Phi) is 7.04. The van der Waals surface area contributed by atoms with Gasteiger partial charge >= 0.3 is 6.03 Å². The number of benzene rings is 3. The minimum absolute atomic E-state index is 0.0179. The van der Waals surface area contributed by atoms with Gasteiger partial charge in [0.05, 0.1) is 21.5 Å². The first-order valence-electron chi connectivity index (χ1n) is 10.5. The predicted octanol–water partition coefficient (Wildman–Crippen LogP) is 5.88. The summed E-state index contributed by atoms with van der Waals surface area (Å²) in [6.07, 6.45) is 1.48. The number of imide groups is 1. The number of hydrogen-bond donors (Lipinski definition) is 1. The summed E-state index contributed by atoms with van der Waals surface area (Å²) >= 11 is 12.7. The van der Waals surface area contributed by atoms with Crippen LogP contribution in [0.5, 0.6) is 5.75 Å². The molecule has 1 saturated heterocycles. The SMILES string of the molecule is Cc1ccc(CN2C(=O)N/C(=C/c3cc(Cl)c(OCc4cccc([N+](=O)[O-])c4)c(Cl)c3)C2=O)cc1. The molecular weight excluding hydrogens is 493 g/mol. The third-order valence-electron chi connectivity index (χ3n) is 5.26. The number of ether oxygens (including phenoxy) is 1. The van der Waals surface area contributed by atoms with Gasteiger partial charge in [0.15, 0.2) is 5.75 Å². The summed E-state index contributed by atoms with van der Waals surface area (Å²) in [5, 5.41) is 13.9. The first kappa shape index (κ1) is 24.3. The molecule has 3 amide bonds. The highest BCUT2D eigenvalue weighted by Gasteiger charge is 2.33. The fraction of sp³-hybridized carbons (Fsp3) is 0.120. The topological polar surface area (TPSA) is 102 Å². The molecule has 0 unspecified atom stereocenters. The molecule has 0 bridgehead atoms. The van der Waals surface area contributed by atoms with Crippen molar-refractivity contribution in [1.82, 2.24) is 10.2 Å². The zero-order valence-electron chi connectivity index (χ0n) is 18.5. The average molecular weight is 512 g/mol. The molecule has 1 aliphatic heterocycles. The quantitative estimate of drug-likeness (QED) is 0.184. The number of amides is 3. The van der Waals surface area contributed by atoms with E-state index >= 15 is 0 Å². The van der Waals surface area contributed by atoms with Gasteiger partial charge < -0.3 is 10.1 Å². The van der Waals surface area contributed by atoms with Gasteiger partial charge in [-0.3, -0.25) is 19.8 Å². The van der Waals surface area contributed by atoms with Gasteiger partial charge in [-0.2, -0.15) is 0 Å². The smallest absolute Gasteiger partial charge is 0.329 e. The van der Waals surface area contributed by atoms with Crippen LogP contribution in [-0.4, -0.2) is 21.8 Å². The van der Waals surface area contributed by atoms with Crippen LogP contribution in [0.3, 0.4) is 0 Å². The van der Waals surface area contributed by atoms with Gasteiger partial charge in [-0.25, -0.2) is 4.79 Å². The molecule has 0 spiro atoms. The molecule has 3 aromatic carbocycles. The Hall–Kier alpha value is -3.88. The van der Waals surface area contributed by atoms with Crippen molar-refractivity contribution in [2.24, 2.45) is 0 Å². The van der Waals surface area contributed by atoms with Crippen LogP contribution in [-0.2, 0) is 17.9 Å². The van der Waals surface area contributed by atoms with Crippen LogP contribution in [0.2, 0.25) is 10.0 Å². The van der Waals surface area contributed by atoms with Gasteiger partial charge in [0, 0.05) is 12.1 Å². The minimum atomic E-state index is -0.518. The second-order valence-electron chi connectivity index (χ2n) is 7.89. The molecule has 10 heteroatoms. The van der Waals surface area contributed by atoms with Crippen molar-refractivity contribution in [1.29, 1.82) is 0 Å². The second-order valence-corrected chi connectivity index (χ2v) is 8.71. The lowest BCUT2D eigenvalue weighted by Crippen LogP contribution is -2.30. The number of carbonyl (C=O) groups is 2. The van der Waals surface area contributed by atoms with E-state index in [1.807, 2.05) is 31.2 Å². The van der Waals surface area contributed by atoms with Crippen molar-refractivity contribution in [2.75, 3.05) is 0 Å². The summed E-state index contributed by atoms with van der Waals surface area (Å²) in [5.74, 6) is -0.265. The Morgan fingerprint density at radius 2 is 1.71 bits per heavy atom. The number of halogens is 2. The lowest BCUT2D eigenvalue weighted by molar-refractivity contribution is -0.384. The number of nitro benzene ring substituents is 1. The van der Waals surface area contributed by atoms with E-state index in [4.69, 9.17) is 27.9 Å². The summed E-state index contributed by atoms with van der Waals surface area (Å²) in [4.78, 5) is 36.7. The lowest BCUT2D eigenvalue weighted by Gasteiger charge is -2.12. The summed E-state index contributed by atoms with van der Waals surface area (Å²) < 4.78 is 5.69. The number of carbonyl (C=O) groups excluding carboxylic acids is 2. The summed E-state index contributed by atoms with van der Waals surface area (Å²) in [7, 11) is 0. The van der Waals surface area contributed by atoms with Crippen LogP contribution < -0.4 is 10.1 Å². The monoisotopic (exact) mass is 511 g/mol. The molecule has 3 aromatic rings. The number of hydrogen-bond acceptors (Lipinski definition) is 5. The molecule has 1 N–H and O–H groups in total. The van der Waals surface area contributed by atoms with E-state index in [0.717, 1.165) is 16.0 Å². The molecule has 0 saturated carbocycles. The number of rotatable bonds is 7. The van der Waals surface area contributed by atoms with Gasteiger partial charge in [0.1, 0.15) is 12.3 Å². The minimum Gasteiger partial charge on any atom is -0.486 e. The Bertz CT molecular complexity index is 1330. The molecule has 0 atom stereocenters. The largest absolute Gasteiger partial charge is 0.486 e. The van der Waals surface area contributed by atoms with E-state index in [1.165, 1.54) is 18.2 Å². The highest BCUT2D eigenvalue weighted by atomic mass is 35.5. The van der Waals surface area contributed by atoms with E-state index in [9.17, 15) is 19.7 Å². The molecule has 35 heavy (non-hydrogen) atoms. The summed E-state index contributed by atoms with van der Waals surface area (Å²) in [5.41, 5.74) is 3.02. The number of non-ortho nitro benzene ring substituents is 1. The highest BCUT2D eigenvalue weighted by Crippen LogP contribution is 2.36. The zero-order valence-corrected chi connectivity index (χ0v) is 20.0. The molecular formula is C25H19Cl2N3O5. The molecule has 8 nitrogen and oxygen atoms in total. The van der Waals surface area contributed by atoms with Crippen molar-refractivity contribution >= 4 is 46.9 Å². The van der Waals surface area contributed by atoms with Crippen molar-refractivity contribution in [2.45, 2.75) is 20.1 Å². The summed E-state index contributed by atoms with van der Waals surface area (Å²) in [6, 6.07) is 16.2. The Morgan fingerprint density at radius 3 is 2.37 bits per heavy atom. The number of nitrogens with zero attached hydrogens (tertiary/aromatic N) is 2. The first-order valence-corrected chi connectivity index (χ1v) is 11.2. The third-order valence-corrected chi connectivity index (χ3v) is 5.82. The number of aryl methyl sites for hydroxylation is 1. The van der Waals surface area contributed by atoms with Crippen LogP contribution in [0.1, 0.15) is 22.3 Å². The molecule has 1 heterocycles. The fourth-order valence-electron chi connectivity index (χ4n) is 3.47. The first-order chi connectivity index (χ1) is 16.7. The molecule has 1 aliphatic rings. The van der Waals surface area contributed by atoms with Crippen LogP contribution in [0, 0.1) is 17.0 Å². The molecule has 0 aliphatic carbocycles. The number of nitrogens with one attached hydrogen (secondary N) is 1. The Balaban J connectivity index is 1.49. The number of nitro groups is 1. The van der Waals surface area contributed by atoms with Gasteiger partial charge in [-0.1, -0.05) is 65.2 Å². The van der Waals surface area contributed by atoms with Gasteiger partial charge in [-0.05, 0) is 41.8 Å². The Labute approximate surface area is 210 Å². The average Bonchev–Trinajstić information content (AvgIpc) is 3.07. The maximum Gasteiger partial charge on any atom is 0.329 e. The summed E-state index contributed by atoms with van der Waals surface area (Å²) in [6.45, 7) is 2.12. The molecule has 4 rings (SSSR count). The standard InChI is InChI=1S/C25H19Cl2N3O5/c1-15-5-7-16(8-6-15)13-29-24(31)22(28-25(29)32)12-18-10-20(26)23(21(27)11-18)35-14-17-3-2-4-19(9-17)30(33)34/h2-12H,13-14H2,1H3,(H,28,32)/b22-12+. The van der Waals surface area contributed by atoms with Crippen LogP contribution in [0.15, 0.2) is 66.4 Å². The molecule has 0 aromatic heterocycles. The maximum absolute atomic E-state index is 12.8. The molecule has 178 valence electrons. The second kappa shape index (κ2) is 10.2. The highest BCUT2D eigenvalue weighted by molar-refractivity contribution is 6.37. The number of urea groups is 1. The molecule has 0 radical (unpaired) electrons. The van der Waals surface area contributed by atoms with Crippen LogP contribution in [0.25, 0.3) is 6.08 Å². The normalized spacial score (nSPS) is 14.4. The van der Waals surface area contributed by atoms with Crippen molar-refractivity contribution in [3.05, 3.63) is 109 Å². The van der Waals surface area contributed by atoms with Crippen molar-refractivity contribution in [3.8, 4) is 5.75 Å². The van der Waals surface area contributed by atoms with Gasteiger partial charge in [-0.15, -0.1) is 0 Å². The van der Waals surface area contributed by atoms with E-state index < -0.39 is 16.9 Å². The zero-order chi connectivity index (χ0) is 25.1. The van der Waals surface area contributed by atoms with Crippen LogP contribution >= 0.6 is 23.2 Å². The maximum atomic E-state index is 12.8. The van der Waals surface area contributed by atoms with Crippen LogP contribution in [0.4, 0.5) is 10.5 Å². The predicted molar refractivity (Wildman–Crippen MR) is 132 cm³/mol. The van der Waals surface area contributed by atoms with Gasteiger partial charge in [0.25, 0.3) is 11.6 Å². The van der Waals surface area contributed by atoms with Crippen molar-refractivity contribution < 1.29 is 19.2 Å². The van der Waals surface area contributed by atoms with Crippen molar-refractivity contribution in [3.63, 3.8) is 0 Å². The third kappa shape index (κ3) is 5.62. The van der Waals surface area contributed by atoms with E-state index in [1.54, 1.807) is 24.3 Å². The van der Waals surface area contributed by atoms with E-state index in [-0.39, 0.29) is 40.3 Å². The van der Waals surface area contributed by atoms with E-state index in [0.29, 0.717) is 11.1 Å². The van der Waals surface area contributed by atoms with Gasteiger partial charge in [0.2, 0.25) is 0 Å². The lowest BCUT2D eigenvalue weighted by atomic mass is 10.1.